The highest BCUT2D eigenvalue weighted by atomic mass is 16.5. The first-order valence-corrected chi connectivity index (χ1v) is 10.1. The monoisotopic (exact) mass is 414 g/mol. The predicted octanol–water partition coefficient (Wildman–Crippen LogP) is 2.98. The Kier molecular flexibility index (Phi) is 4.83. The van der Waals surface area contributed by atoms with Crippen molar-refractivity contribution >= 4 is 22.7 Å². The highest BCUT2D eigenvalue weighted by molar-refractivity contribution is 6.06. The van der Waals surface area contributed by atoms with Crippen LogP contribution in [0.5, 0.6) is 0 Å². The van der Waals surface area contributed by atoms with Crippen molar-refractivity contribution in [3.63, 3.8) is 0 Å². The molecular formula is C23H22N6O2. The molecule has 1 aliphatic rings. The van der Waals surface area contributed by atoms with Gasteiger partial charge >= 0.3 is 0 Å². The van der Waals surface area contributed by atoms with E-state index in [9.17, 15) is 4.79 Å². The molecule has 3 heterocycles. The van der Waals surface area contributed by atoms with Crippen LogP contribution in [0.4, 0.5) is 5.82 Å². The van der Waals surface area contributed by atoms with Crippen LogP contribution >= 0.6 is 0 Å². The zero-order chi connectivity index (χ0) is 21.4. The Morgan fingerprint density at radius 2 is 2.00 bits per heavy atom. The van der Waals surface area contributed by atoms with Gasteiger partial charge in [-0.1, -0.05) is 41.6 Å². The van der Waals surface area contributed by atoms with Gasteiger partial charge in [-0.25, -0.2) is 9.97 Å². The Balaban J connectivity index is 1.59. The van der Waals surface area contributed by atoms with E-state index in [0.29, 0.717) is 34.6 Å². The van der Waals surface area contributed by atoms with E-state index in [2.05, 4.69) is 34.6 Å². The number of nitrogens with one attached hydrogen (secondary N) is 1. The van der Waals surface area contributed by atoms with E-state index in [4.69, 9.17) is 20.2 Å². The molecule has 5 rings (SSSR count). The van der Waals surface area contributed by atoms with E-state index in [1.165, 1.54) is 5.56 Å². The van der Waals surface area contributed by atoms with Gasteiger partial charge in [0.15, 0.2) is 17.1 Å². The maximum absolute atomic E-state index is 11.7. The standard InChI is InChI=1S/C23H22N6O2/c1-29-11-10-18-17(13-29)22(25-12-14-6-3-2-4-7-14)27-23(26-18)19-15-8-5-9-16(21(24)30)20(15)31-28-19/h2-9H,10-13H2,1H3,(H2,24,30)(H,25,26,27). The molecular weight excluding hydrogens is 392 g/mol. The van der Waals surface area contributed by atoms with E-state index in [1.807, 2.05) is 24.3 Å². The molecule has 0 radical (unpaired) electrons. The highest BCUT2D eigenvalue weighted by Crippen LogP contribution is 2.31. The fourth-order valence-electron chi connectivity index (χ4n) is 3.90. The first-order valence-electron chi connectivity index (χ1n) is 10.1. The molecule has 8 nitrogen and oxygen atoms in total. The number of hydrogen-bond donors (Lipinski definition) is 2. The third-order valence-corrected chi connectivity index (χ3v) is 5.53. The van der Waals surface area contributed by atoms with Crippen molar-refractivity contribution < 1.29 is 9.32 Å². The topological polar surface area (TPSA) is 110 Å². The molecule has 4 aromatic rings. The Labute approximate surface area is 179 Å². The van der Waals surface area contributed by atoms with Crippen LogP contribution in [0.3, 0.4) is 0 Å². The number of likely N-dealkylation sites (N-methyl/N-ethyl adjacent to an activating group) is 1. The first kappa shape index (κ1) is 19.2. The van der Waals surface area contributed by atoms with Crippen molar-refractivity contribution in [2.75, 3.05) is 18.9 Å². The molecule has 0 aliphatic carbocycles. The zero-order valence-corrected chi connectivity index (χ0v) is 17.1. The van der Waals surface area contributed by atoms with Crippen molar-refractivity contribution in [2.45, 2.75) is 19.5 Å². The molecule has 2 aromatic carbocycles. The number of carbonyl (C=O) groups excluding carboxylic acids is 1. The molecule has 1 amide bonds. The lowest BCUT2D eigenvalue weighted by Crippen LogP contribution is -2.29. The summed E-state index contributed by atoms with van der Waals surface area (Å²) in [6.45, 7) is 2.35. The van der Waals surface area contributed by atoms with Gasteiger partial charge in [0.05, 0.1) is 16.6 Å². The van der Waals surface area contributed by atoms with Crippen molar-refractivity contribution in [1.29, 1.82) is 0 Å². The van der Waals surface area contributed by atoms with Crippen molar-refractivity contribution in [1.82, 2.24) is 20.0 Å². The second kappa shape index (κ2) is 7.81. The number of aromatic nitrogens is 3. The van der Waals surface area contributed by atoms with Crippen LogP contribution in [0, 0.1) is 0 Å². The molecule has 0 unspecified atom stereocenters. The number of nitrogens with two attached hydrogens (primary N) is 1. The number of benzene rings is 2. The van der Waals surface area contributed by atoms with Gasteiger partial charge in [-0.2, -0.15) is 0 Å². The van der Waals surface area contributed by atoms with Crippen molar-refractivity contribution in [3.05, 3.63) is 70.9 Å². The largest absolute Gasteiger partial charge is 0.366 e. The average Bonchev–Trinajstić information content (AvgIpc) is 3.22. The van der Waals surface area contributed by atoms with Gasteiger partial charge < -0.3 is 20.5 Å². The molecule has 31 heavy (non-hydrogen) atoms. The van der Waals surface area contributed by atoms with Crippen LogP contribution in [0.2, 0.25) is 0 Å². The maximum Gasteiger partial charge on any atom is 0.252 e. The molecule has 0 fully saturated rings. The van der Waals surface area contributed by atoms with Gasteiger partial charge in [-0.05, 0) is 24.7 Å². The van der Waals surface area contributed by atoms with E-state index < -0.39 is 5.91 Å². The summed E-state index contributed by atoms with van der Waals surface area (Å²) in [7, 11) is 2.09. The number of nitrogens with zero attached hydrogens (tertiary/aromatic N) is 4. The SMILES string of the molecule is CN1CCc2nc(-c3noc4c(C(N)=O)cccc34)nc(NCc3ccccc3)c2C1. The van der Waals surface area contributed by atoms with Crippen LogP contribution in [0.1, 0.15) is 27.2 Å². The minimum Gasteiger partial charge on any atom is -0.366 e. The molecule has 1 aliphatic heterocycles. The van der Waals surface area contributed by atoms with Gasteiger partial charge in [0.1, 0.15) is 5.82 Å². The van der Waals surface area contributed by atoms with Crippen molar-refractivity contribution in [3.8, 4) is 11.5 Å². The van der Waals surface area contributed by atoms with E-state index in [0.717, 1.165) is 36.6 Å². The van der Waals surface area contributed by atoms with Gasteiger partial charge in [-0.3, -0.25) is 4.79 Å². The van der Waals surface area contributed by atoms with E-state index >= 15 is 0 Å². The molecule has 0 bridgehead atoms. The summed E-state index contributed by atoms with van der Waals surface area (Å²) < 4.78 is 5.47. The molecule has 8 heteroatoms. The molecule has 0 spiro atoms. The Hall–Kier alpha value is -3.78. The second-order valence-electron chi connectivity index (χ2n) is 7.73. The quantitative estimate of drug-likeness (QED) is 0.516. The first-order chi connectivity index (χ1) is 15.1. The fourth-order valence-corrected chi connectivity index (χ4v) is 3.90. The predicted molar refractivity (Wildman–Crippen MR) is 117 cm³/mol. The smallest absolute Gasteiger partial charge is 0.252 e. The van der Waals surface area contributed by atoms with Crippen molar-refractivity contribution in [2.24, 2.45) is 5.73 Å². The number of amides is 1. The summed E-state index contributed by atoms with van der Waals surface area (Å²) in [5.41, 5.74) is 9.88. The number of para-hydroxylation sites is 1. The molecule has 0 atom stereocenters. The Morgan fingerprint density at radius 3 is 2.81 bits per heavy atom. The minimum absolute atomic E-state index is 0.290. The van der Waals surface area contributed by atoms with E-state index in [-0.39, 0.29) is 0 Å². The number of hydrogen-bond acceptors (Lipinski definition) is 7. The number of rotatable bonds is 5. The number of anilines is 1. The normalized spacial score (nSPS) is 13.8. The minimum atomic E-state index is -0.562. The van der Waals surface area contributed by atoms with E-state index in [1.54, 1.807) is 12.1 Å². The fraction of sp³-hybridized carbons (Fsp3) is 0.217. The third-order valence-electron chi connectivity index (χ3n) is 5.53. The van der Waals surface area contributed by atoms with Crippen LogP contribution in [0.15, 0.2) is 53.1 Å². The lowest BCUT2D eigenvalue weighted by molar-refractivity contribution is 0.100. The summed E-state index contributed by atoms with van der Waals surface area (Å²) in [6, 6.07) is 15.4. The van der Waals surface area contributed by atoms with Crippen LogP contribution < -0.4 is 11.1 Å². The van der Waals surface area contributed by atoms with Gasteiger partial charge in [0.2, 0.25) is 0 Å². The lowest BCUT2D eigenvalue weighted by atomic mass is 10.1. The van der Waals surface area contributed by atoms with Crippen LogP contribution in [-0.2, 0) is 19.5 Å². The number of primary amides is 1. The molecule has 2 aromatic heterocycles. The van der Waals surface area contributed by atoms with Gasteiger partial charge in [0.25, 0.3) is 5.91 Å². The molecule has 156 valence electrons. The second-order valence-corrected chi connectivity index (χ2v) is 7.73. The summed E-state index contributed by atoms with van der Waals surface area (Å²) >= 11 is 0. The Bertz CT molecular complexity index is 1270. The van der Waals surface area contributed by atoms with Gasteiger partial charge in [-0.15, -0.1) is 0 Å². The third kappa shape index (κ3) is 3.62. The zero-order valence-electron chi connectivity index (χ0n) is 17.1. The highest BCUT2D eigenvalue weighted by Gasteiger charge is 2.24. The Morgan fingerprint density at radius 1 is 1.16 bits per heavy atom. The van der Waals surface area contributed by atoms with Gasteiger partial charge in [0, 0.05) is 31.6 Å². The maximum atomic E-state index is 11.7. The average molecular weight is 414 g/mol. The number of carbonyl (C=O) groups is 1. The molecule has 0 saturated carbocycles. The molecule has 3 N–H and O–H groups in total. The summed E-state index contributed by atoms with van der Waals surface area (Å²) in [4.78, 5) is 23.6. The summed E-state index contributed by atoms with van der Waals surface area (Å²) in [5.74, 6) is 0.699. The molecule has 0 saturated heterocycles. The lowest BCUT2D eigenvalue weighted by Gasteiger charge is -2.26. The number of fused-ring (bicyclic) bond motifs is 2. The van der Waals surface area contributed by atoms with Crippen LogP contribution in [0.25, 0.3) is 22.5 Å². The van der Waals surface area contributed by atoms with Crippen LogP contribution in [-0.4, -0.2) is 39.5 Å². The summed E-state index contributed by atoms with van der Waals surface area (Å²) in [6.07, 6.45) is 0.823. The summed E-state index contributed by atoms with van der Waals surface area (Å²) in [5, 5.41) is 8.33.